The number of ether oxygens (including phenoxy) is 1. The van der Waals surface area contributed by atoms with E-state index < -0.39 is 0 Å². The largest absolute Gasteiger partial charge is 0.497 e. The number of pyridine rings is 1. The molecule has 4 aromatic rings. The number of benzene rings is 1. The second kappa shape index (κ2) is 6.23. The molecule has 1 aromatic carbocycles. The Morgan fingerprint density at radius 1 is 1.20 bits per heavy atom. The Morgan fingerprint density at radius 3 is 2.84 bits per heavy atom. The zero-order chi connectivity index (χ0) is 17.2. The Morgan fingerprint density at radius 2 is 2.04 bits per heavy atom. The zero-order valence-corrected chi connectivity index (χ0v) is 13.7. The average molecular weight is 335 g/mol. The Balaban J connectivity index is 1.53. The minimum absolute atomic E-state index is 0.444. The van der Waals surface area contributed by atoms with E-state index in [4.69, 9.17) is 10.5 Å². The fraction of sp³-hybridized carbons (Fsp3) is 0.176. The molecule has 3 heterocycles. The maximum Gasteiger partial charge on any atom is 0.178 e. The molecule has 8 nitrogen and oxygen atoms in total. The summed E-state index contributed by atoms with van der Waals surface area (Å²) in [4.78, 5) is 4.18. The lowest BCUT2D eigenvalue weighted by atomic mass is 10.1. The molecule has 0 saturated carbocycles. The van der Waals surface area contributed by atoms with Crippen molar-refractivity contribution in [2.75, 3.05) is 12.8 Å². The maximum atomic E-state index is 5.85. The first kappa shape index (κ1) is 15.1. The highest BCUT2D eigenvalue weighted by atomic mass is 16.5. The van der Waals surface area contributed by atoms with Crippen LogP contribution in [0.1, 0.15) is 16.7 Å². The van der Waals surface area contributed by atoms with Gasteiger partial charge in [0.15, 0.2) is 5.65 Å². The molecule has 0 saturated heterocycles. The minimum atomic E-state index is 0.444. The highest BCUT2D eigenvalue weighted by molar-refractivity contribution is 5.76. The number of methoxy groups -OCH3 is 1. The molecule has 0 atom stereocenters. The van der Waals surface area contributed by atoms with E-state index in [2.05, 4.69) is 25.5 Å². The van der Waals surface area contributed by atoms with E-state index in [0.29, 0.717) is 24.4 Å². The summed E-state index contributed by atoms with van der Waals surface area (Å²) >= 11 is 0. The van der Waals surface area contributed by atoms with Crippen molar-refractivity contribution in [3.05, 3.63) is 59.4 Å². The lowest BCUT2D eigenvalue weighted by Crippen LogP contribution is -2.00. The van der Waals surface area contributed by atoms with E-state index in [1.807, 2.05) is 47.4 Å². The lowest BCUT2D eigenvalue weighted by molar-refractivity contribution is 0.414. The third-order valence-corrected chi connectivity index (χ3v) is 3.98. The molecular weight excluding hydrogens is 318 g/mol. The van der Waals surface area contributed by atoms with Gasteiger partial charge in [0.2, 0.25) is 0 Å². The first-order valence-electron chi connectivity index (χ1n) is 7.81. The Labute approximate surface area is 143 Å². The quantitative estimate of drug-likeness (QED) is 0.575. The van der Waals surface area contributed by atoms with Crippen LogP contribution in [0.3, 0.4) is 0 Å². The van der Waals surface area contributed by atoms with Crippen molar-refractivity contribution in [3.8, 4) is 5.75 Å². The number of aromatic nitrogens is 6. The number of nitrogens with two attached hydrogens (primary N) is 1. The Bertz CT molecular complexity index is 1000. The number of hydrogen-bond donors (Lipinski definition) is 2. The number of rotatable bonds is 5. The van der Waals surface area contributed by atoms with Crippen molar-refractivity contribution in [2.45, 2.75) is 13.0 Å². The van der Waals surface area contributed by atoms with Gasteiger partial charge in [-0.3, -0.25) is 4.68 Å². The van der Waals surface area contributed by atoms with E-state index in [1.54, 1.807) is 7.11 Å². The van der Waals surface area contributed by atoms with Crippen LogP contribution in [0.15, 0.2) is 42.7 Å². The minimum Gasteiger partial charge on any atom is -0.497 e. The number of fused-ring (bicyclic) bond motifs is 1. The monoisotopic (exact) mass is 335 g/mol. The van der Waals surface area contributed by atoms with Crippen molar-refractivity contribution < 1.29 is 4.74 Å². The van der Waals surface area contributed by atoms with E-state index in [9.17, 15) is 0 Å². The molecule has 3 N–H and O–H groups in total. The van der Waals surface area contributed by atoms with Crippen LogP contribution in [-0.2, 0) is 13.0 Å². The molecule has 3 aromatic heterocycles. The molecule has 0 fully saturated rings. The smallest absolute Gasteiger partial charge is 0.178 e. The highest BCUT2D eigenvalue weighted by Gasteiger charge is 2.10. The lowest BCUT2D eigenvalue weighted by Gasteiger charge is -2.04. The number of hydrogen-bond acceptors (Lipinski definition) is 6. The van der Waals surface area contributed by atoms with Crippen LogP contribution in [0.2, 0.25) is 0 Å². The first-order valence-corrected chi connectivity index (χ1v) is 7.81. The summed E-state index contributed by atoms with van der Waals surface area (Å²) in [6.07, 6.45) is 4.54. The van der Waals surface area contributed by atoms with Gasteiger partial charge in [-0.2, -0.15) is 5.10 Å². The standard InChI is InChI=1S/C17H17N7O/c1-25-14-4-2-11(3-5-14)9-24-10-12(8-19-24)6-13-7-15(18)20-17-16(13)21-23-22-17/h2-5,7-8,10H,6,9H2,1H3,(H3,18,20,21,22,23). The fourth-order valence-electron chi connectivity index (χ4n) is 2.78. The predicted molar refractivity (Wildman–Crippen MR) is 93.2 cm³/mol. The predicted octanol–water partition coefficient (Wildman–Crippen LogP) is 1.78. The topological polar surface area (TPSA) is 108 Å². The third kappa shape index (κ3) is 3.14. The number of nitrogen functional groups attached to an aromatic ring is 1. The fourth-order valence-corrected chi connectivity index (χ4v) is 2.78. The van der Waals surface area contributed by atoms with Gasteiger partial charge in [-0.15, -0.1) is 5.10 Å². The zero-order valence-electron chi connectivity index (χ0n) is 13.7. The Hall–Kier alpha value is -3.42. The van der Waals surface area contributed by atoms with Crippen molar-refractivity contribution in [2.24, 2.45) is 0 Å². The molecule has 0 unspecified atom stereocenters. The highest BCUT2D eigenvalue weighted by Crippen LogP contribution is 2.19. The summed E-state index contributed by atoms with van der Waals surface area (Å²) in [6, 6.07) is 9.78. The Kier molecular flexibility index (Phi) is 3.77. The van der Waals surface area contributed by atoms with Crippen LogP contribution in [0.25, 0.3) is 11.2 Å². The third-order valence-electron chi connectivity index (χ3n) is 3.98. The first-order chi connectivity index (χ1) is 12.2. The van der Waals surface area contributed by atoms with Crippen LogP contribution in [0.4, 0.5) is 5.82 Å². The van der Waals surface area contributed by atoms with Gasteiger partial charge in [0, 0.05) is 12.6 Å². The van der Waals surface area contributed by atoms with Gasteiger partial charge in [0.25, 0.3) is 0 Å². The van der Waals surface area contributed by atoms with E-state index >= 15 is 0 Å². The molecule has 25 heavy (non-hydrogen) atoms. The van der Waals surface area contributed by atoms with Crippen LogP contribution >= 0.6 is 0 Å². The maximum absolute atomic E-state index is 5.85. The summed E-state index contributed by atoms with van der Waals surface area (Å²) in [7, 11) is 1.66. The van der Waals surface area contributed by atoms with Gasteiger partial charge < -0.3 is 10.5 Å². The second-order valence-electron chi connectivity index (χ2n) is 5.79. The number of nitrogens with one attached hydrogen (secondary N) is 1. The van der Waals surface area contributed by atoms with Gasteiger partial charge in [-0.1, -0.05) is 17.3 Å². The number of H-pyrrole nitrogens is 1. The van der Waals surface area contributed by atoms with Gasteiger partial charge in [-0.25, -0.2) is 10.1 Å². The summed E-state index contributed by atoms with van der Waals surface area (Å²) in [5.41, 5.74) is 10.4. The molecule has 0 radical (unpaired) electrons. The molecule has 0 aliphatic rings. The molecule has 126 valence electrons. The molecule has 0 bridgehead atoms. The van der Waals surface area contributed by atoms with E-state index in [0.717, 1.165) is 28.0 Å². The summed E-state index contributed by atoms with van der Waals surface area (Å²) in [5.74, 6) is 1.29. The number of anilines is 1. The second-order valence-corrected chi connectivity index (χ2v) is 5.79. The number of aromatic amines is 1. The average Bonchev–Trinajstić information content (AvgIpc) is 3.25. The van der Waals surface area contributed by atoms with Crippen LogP contribution in [0, 0.1) is 0 Å². The molecule has 0 aliphatic carbocycles. The van der Waals surface area contributed by atoms with Gasteiger partial charge >= 0.3 is 0 Å². The van der Waals surface area contributed by atoms with Crippen LogP contribution < -0.4 is 10.5 Å². The van der Waals surface area contributed by atoms with E-state index in [-0.39, 0.29) is 0 Å². The van der Waals surface area contributed by atoms with Crippen molar-refractivity contribution >= 4 is 17.0 Å². The molecule has 4 rings (SSSR count). The molecule has 0 aliphatic heterocycles. The van der Waals surface area contributed by atoms with Crippen molar-refractivity contribution in [1.29, 1.82) is 0 Å². The van der Waals surface area contributed by atoms with Gasteiger partial charge in [0.1, 0.15) is 17.1 Å². The van der Waals surface area contributed by atoms with Crippen LogP contribution in [0.5, 0.6) is 5.75 Å². The van der Waals surface area contributed by atoms with Crippen molar-refractivity contribution in [3.63, 3.8) is 0 Å². The van der Waals surface area contributed by atoms with Crippen molar-refractivity contribution in [1.82, 2.24) is 30.2 Å². The molecular formula is C17H17N7O. The van der Waals surface area contributed by atoms with E-state index in [1.165, 1.54) is 0 Å². The molecule has 0 amide bonds. The van der Waals surface area contributed by atoms with Gasteiger partial charge in [-0.05, 0) is 34.9 Å². The summed E-state index contributed by atoms with van der Waals surface area (Å²) < 4.78 is 7.08. The SMILES string of the molecule is COc1ccc(Cn2cc(Cc3cc(N)nc4[nH]nnc34)cn2)cc1. The summed E-state index contributed by atoms with van der Waals surface area (Å²) in [5, 5.41) is 15.1. The molecule has 0 spiro atoms. The van der Waals surface area contributed by atoms with Crippen LogP contribution in [-0.4, -0.2) is 37.3 Å². The number of nitrogens with zero attached hydrogens (tertiary/aromatic N) is 5. The molecule has 8 heteroatoms. The normalized spacial score (nSPS) is 11.1. The summed E-state index contributed by atoms with van der Waals surface area (Å²) in [6.45, 7) is 0.696. The van der Waals surface area contributed by atoms with Gasteiger partial charge in [0.05, 0.1) is 19.9 Å².